The third-order valence-corrected chi connectivity index (χ3v) is 4.34. The molecule has 4 nitrogen and oxygen atoms in total. The van der Waals surface area contributed by atoms with Gasteiger partial charge in [-0.2, -0.15) is 0 Å². The van der Waals surface area contributed by atoms with Crippen LogP contribution in [0.25, 0.3) is 0 Å². The Labute approximate surface area is 143 Å². The molecule has 0 fully saturated rings. The highest BCUT2D eigenvalue weighted by molar-refractivity contribution is 7.89. The third-order valence-electron chi connectivity index (χ3n) is 3.48. The standard InChI is InChI=1S/C19H21NO3S/c1-3-13-20(14-16-7-5-4-6-8-16)19(21)18-11-9-17(10-12-18)15-24(2,22)23/h3-12H,1,13-15H2,2H3. The zero-order chi connectivity index (χ0) is 17.6. The molecule has 0 aliphatic heterocycles. The number of benzene rings is 2. The molecular weight excluding hydrogens is 322 g/mol. The molecule has 0 aliphatic carbocycles. The zero-order valence-corrected chi connectivity index (χ0v) is 14.5. The van der Waals surface area contributed by atoms with Gasteiger partial charge < -0.3 is 4.90 Å². The Bertz CT molecular complexity index is 796. The van der Waals surface area contributed by atoms with E-state index in [2.05, 4.69) is 6.58 Å². The Kier molecular flexibility index (Phi) is 5.93. The van der Waals surface area contributed by atoms with Crippen LogP contribution in [0.1, 0.15) is 21.5 Å². The molecule has 0 N–H and O–H groups in total. The van der Waals surface area contributed by atoms with E-state index in [1.165, 1.54) is 6.26 Å². The molecule has 24 heavy (non-hydrogen) atoms. The first-order valence-corrected chi connectivity index (χ1v) is 9.66. The van der Waals surface area contributed by atoms with Crippen LogP contribution in [0, 0.1) is 0 Å². The molecule has 5 heteroatoms. The summed E-state index contributed by atoms with van der Waals surface area (Å²) < 4.78 is 22.7. The topological polar surface area (TPSA) is 54.5 Å². The Morgan fingerprint density at radius 3 is 2.21 bits per heavy atom. The fourth-order valence-corrected chi connectivity index (χ4v) is 3.21. The van der Waals surface area contributed by atoms with Crippen LogP contribution in [-0.4, -0.2) is 32.0 Å². The second kappa shape index (κ2) is 7.93. The van der Waals surface area contributed by atoms with Crippen LogP contribution < -0.4 is 0 Å². The Balaban J connectivity index is 2.15. The quantitative estimate of drug-likeness (QED) is 0.726. The number of amides is 1. The van der Waals surface area contributed by atoms with Crippen molar-refractivity contribution in [3.05, 3.63) is 83.9 Å². The van der Waals surface area contributed by atoms with Crippen LogP contribution in [0.15, 0.2) is 67.3 Å². The van der Waals surface area contributed by atoms with Crippen molar-refractivity contribution in [2.75, 3.05) is 12.8 Å². The van der Waals surface area contributed by atoms with Crippen molar-refractivity contribution in [3.8, 4) is 0 Å². The molecule has 2 rings (SSSR count). The van der Waals surface area contributed by atoms with E-state index in [1.807, 2.05) is 30.3 Å². The molecule has 0 bridgehead atoms. The monoisotopic (exact) mass is 343 g/mol. The number of carbonyl (C=O) groups is 1. The molecule has 0 radical (unpaired) electrons. The van der Waals surface area contributed by atoms with E-state index >= 15 is 0 Å². The minimum absolute atomic E-state index is 0.0259. The highest BCUT2D eigenvalue weighted by Gasteiger charge is 2.15. The summed E-state index contributed by atoms with van der Waals surface area (Å²) in [5.41, 5.74) is 2.25. The minimum Gasteiger partial charge on any atom is -0.331 e. The largest absolute Gasteiger partial charge is 0.331 e. The van der Waals surface area contributed by atoms with Crippen molar-refractivity contribution in [1.29, 1.82) is 0 Å². The first-order valence-electron chi connectivity index (χ1n) is 7.60. The fourth-order valence-electron chi connectivity index (χ4n) is 2.41. The smallest absolute Gasteiger partial charge is 0.254 e. The summed E-state index contributed by atoms with van der Waals surface area (Å²) in [7, 11) is -3.08. The lowest BCUT2D eigenvalue weighted by molar-refractivity contribution is 0.0762. The highest BCUT2D eigenvalue weighted by atomic mass is 32.2. The molecule has 0 heterocycles. The van der Waals surface area contributed by atoms with Crippen LogP contribution in [0.3, 0.4) is 0 Å². The van der Waals surface area contributed by atoms with Gasteiger partial charge >= 0.3 is 0 Å². The van der Waals surface area contributed by atoms with Gasteiger partial charge in [-0.05, 0) is 23.3 Å². The number of carbonyl (C=O) groups excluding carboxylic acids is 1. The van der Waals surface area contributed by atoms with Crippen molar-refractivity contribution in [3.63, 3.8) is 0 Å². The molecule has 0 saturated heterocycles. The summed E-state index contributed by atoms with van der Waals surface area (Å²) in [6.45, 7) is 4.65. The molecule has 126 valence electrons. The molecule has 2 aromatic carbocycles. The van der Waals surface area contributed by atoms with E-state index in [-0.39, 0.29) is 11.7 Å². The lowest BCUT2D eigenvalue weighted by atomic mass is 10.1. The van der Waals surface area contributed by atoms with Crippen LogP contribution in [-0.2, 0) is 22.1 Å². The summed E-state index contributed by atoms with van der Waals surface area (Å²) >= 11 is 0. The molecule has 2 aromatic rings. The molecule has 0 saturated carbocycles. The summed E-state index contributed by atoms with van der Waals surface area (Å²) in [5, 5.41) is 0. The third kappa shape index (κ3) is 5.35. The van der Waals surface area contributed by atoms with Crippen molar-refractivity contribution in [2.45, 2.75) is 12.3 Å². The first kappa shape index (κ1) is 17.9. The number of rotatable bonds is 7. The van der Waals surface area contributed by atoms with Gasteiger partial charge in [0.15, 0.2) is 9.84 Å². The predicted octanol–water partition coefficient (Wildman–Crippen LogP) is 3.06. The van der Waals surface area contributed by atoms with Crippen molar-refractivity contribution in [1.82, 2.24) is 4.90 Å². The average Bonchev–Trinajstić information content (AvgIpc) is 2.54. The summed E-state index contributed by atoms with van der Waals surface area (Å²) in [6, 6.07) is 16.5. The van der Waals surface area contributed by atoms with Gasteiger partial charge in [-0.1, -0.05) is 48.5 Å². The Hall–Kier alpha value is -2.40. The van der Waals surface area contributed by atoms with Crippen molar-refractivity contribution < 1.29 is 13.2 Å². The lowest BCUT2D eigenvalue weighted by Crippen LogP contribution is -2.30. The van der Waals surface area contributed by atoms with Gasteiger partial charge in [0.1, 0.15) is 0 Å². The first-order chi connectivity index (χ1) is 11.4. The maximum atomic E-state index is 12.7. The number of hydrogen-bond donors (Lipinski definition) is 0. The van der Waals surface area contributed by atoms with Gasteiger partial charge in [0.2, 0.25) is 0 Å². The lowest BCUT2D eigenvalue weighted by Gasteiger charge is -2.21. The molecule has 0 spiro atoms. The normalized spacial score (nSPS) is 11.0. The Morgan fingerprint density at radius 1 is 1.04 bits per heavy atom. The molecule has 0 aromatic heterocycles. The predicted molar refractivity (Wildman–Crippen MR) is 96.4 cm³/mol. The Morgan fingerprint density at radius 2 is 1.67 bits per heavy atom. The SMILES string of the molecule is C=CCN(Cc1ccccc1)C(=O)c1ccc(CS(C)(=O)=O)cc1. The molecule has 0 unspecified atom stereocenters. The number of sulfone groups is 1. The molecular formula is C19H21NO3S. The fraction of sp³-hybridized carbons (Fsp3) is 0.211. The number of nitrogens with zero attached hydrogens (tertiary/aromatic N) is 1. The van der Waals surface area contributed by atoms with Gasteiger partial charge in [-0.15, -0.1) is 6.58 Å². The van der Waals surface area contributed by atoms with E-state index in [0.29, 0.717) is 24.2 Å². The maximum Gasteiger partial charge on any atom is 0.254 e. The minimum atomic E-state index is -3.08. The second-order valence-electron chi connectivity index (χ2n) is 5.73. The second-order valence-corrected chi connectivity index (χ2v) is 7.87. The van der Waals surface area contributed by atoms with Gasteiger partial charge in [0.25, 0.3) is 5.91 Å². The summed E-state index contributed by atoms with van der Waals surface area (Å²) in [5.74, 6) is -0.133. The van der Waals surface area contributed by atoms with Crippen LogP contribution in [0.4, 0.5) is 0 Å². The van der Waals surface area contributed by atoms with Crippen LogP contribution in [0.5, 0.6) is 0 Å². The van der Waals surface area contributed by atoms with Crippen molar-refractivity contribution in [2.24, 2.45) is 0 Å². The van der Waals surface area contributed by atoms with Gasteiger partial charge in [0, 0.05) is 24.9 Å². The van der Waals surface area contributed by atoms with Gasteiger partial charge in [-0.3, -0.25) is 4.79 Å². The van der Waals surface area contributed by atoms with Crippen LogP contribution in [0.2, 0.25) is 0 Å². The van der Waals surface area contributed by atoms with Gasteiger partial charge in [0.05, 0.1) is 5.75 Å². The van der Waals surface area contributed by atoms with E-state index in [1.54, 1.807) is 35.2 Å². The van der Waals surface area contributed by atoms with E-state index in [9.17, 15) is 13.2 Å². The summed E-state index contributed by atoms with van der Waals surface area (Å²) in [6.07, 6.45) is 2.89. The summed E-state index contributed by atoms with van der Waals surface area (Å²) in [4.78, 5) is 14.4. The zero-order valence-electron chi connectivity index (χ0n) is 13.7. The van der Waals surface area contributed by atoms with E-state index in [4.69, 9.17) is 0 Å². The average molecular weight is 343 g/mol. The van der Waals surface area contributed by atoms with Crippen LogP contribution >= 0.6 is 0 Å². The van der Waals surface area contributed by atoms with E-state index in [0.717, 1.165) is 5.56 Å². The van der Waals surface area contributed by atoms with Gasteiger partial charge in [-0.25, -0.2) is 8.42 Å². The molecule has 0 aliphatic rings. The molecule has 1 amide bonds. The molecule has 0 atom stereocenters. The maximum absolute atomic E-state index is 12.7. The number of hydrogen-bond acceptors (Lipinski definition) is 3. The van der Waals surface area contributed by atoms with Crippen molar-refractivity contribution >= 4 is 15.7 Å². The highest BCUT2D eigenvalue weighted by Crippen LogP contribution is 2.13. The van der Waals surface area contributed by atoms with E-state index < -0.39 is 9.84 Å².